The molecule has 7 aromatic carbocycles. The first-order valence-electron chi connectivity index (χ1n) is 19.0. The van der Waals surface area contributed by atoms with Gasteiger partial charge in [-0.2, -0.15) is 0 Å². The number of aromatic nitrogens is 1. The van der Waals surface area contributed by atoms with Crippen LogP contribution >= 0.6 is 0 Å². The molecule has 1 heterocycles. The van der Waals surface area contributed by atoms with Gasteiger partial charge in [-0.05, 0) is 101 Å². The van der Waals surface area contributed by atoms with Gasteiger partial charge < -0.3 is 4.57 Å². The predicted octanol–water partition coefficient (Wildman–Crippen LogP) is 13.3. The summed E-state index contributed by atoms with van der Waals surface area (Å²) in [6, 6.07) is 56.3. The lowest BCUT2D eigenvalue weighted by Crippen LogP contribution is -2.15. The molecule has 8 aromatic rings. The second-order valence-corrected chi connectivity index (χ2v) is 15.2. The molecular weight excluding hydrogens is 667 g/mol. The van der Waals surface area contributed by atoms with Gasteiger partial charge in [-0.25, -0.2) is 9.98 Å². The Hall–Kier alpha value is -6.58. The van der Waals surface area contributed by atoms with Gasteiger partial charge in [0.1, 0.15) is 0 Å². The maximum Gasteiger partial charge on any atom is 0.160 e. The fourth-order valence-corrected chi connectivity index (χ4v) is 8.56. The molecule has 1 aliphatic carbocycles. The zero-order valence-corrected chi connectivity index (χ0v) is 32.1. The minimum Gasteiger partial charge on any atom is -0.309 e. The van der Waals surface area contributed by atoms with Gasteiger partial charge in [-0.3, -0.25) is 0 Å². The highest BCUT2D eigenvalue weighted by atomic mass is 15.0. The van der Waals surface area contributed by atoms with Crippen LogP contribution in [0.4, 0.5) is 0 Å². The number of benzene rings is 7. The van der Waals surface area contributed by atoms with E-state index in [1.807, 2.05) is 43.3 Å². The van der Waals surface area contributed by atoms with E-state index < -0.39 is 0 Å². The first-order chi connectivity index (χ1) is 26.7. The van der Waals surface area contributed by atoms with Crippen molar-refractivity contribution in [3.63, 3.8) is 0 Å². The van der Waals surface area contributed by atoms with Crippen molar-refractivity contribution in [2.24, 2.45) is 9.98 Å². The van der Waals surface area contributed by atoms with Crippen LogP contribution in [0.15, 0.2) is 174 Å². The van der Waals surface area contributed by atoms with E-state index in [1.165, 1.54) is 55.2 Å². The molecule has 0 radical (unpaired) electrons. The molecule has 0 fully saturated rings. The van der Waals surface area contributed by atoms with Gasteiger partial charge in [0, 0.05) is 38.7 Å². The summed E-state index contributed by atoms with van der Waals surface area (Å²) >= 11 is 0. The first-order valence-corrected chi connectivity index (χ1v) is 19.0. The number of para-hydroxylation sites is 1. The summed E-state index contributed by atoms with van der Waals surface area (Å²) in [7, 11) is 0. The normalized spacial score (nSPS) is 13.6. The lowest BCUT2D eigenvalue weighted by Gasteiger charge is -2.22. The zero-order valence-electron chi connectivity index (χ0n) is 32.1. The van der Waals surface area contributed by atoms with Crippen LogP contribution in [0.3, 0.4) is 0 Å². The third kappa shape index (κ3) is 5.75. The van der Waals surface area contributed by atoms with Gasteiger partial charge in [0.05, 0.1) is 16.7 Å². The maximum atomic E-state index is 5.19. The van der Waals surface area contributed by atoms with E-state index in [0.717, 1.165) is 39.2 Å². The van der Waals surface area contributed by atoms with E-state index in [0.29, 0.717) is 11.5 Å². The van der Waals surface area contributed by atoms with Gasteiger partial charge in [0.2, 0.25) is 0 Å². The lowest BCUT2D eigenvalue weighted by atomic mass is 9.82. The third-order valence-electron chi connectivity index (χ3n) is 11.4. The minimum atomic E-state index is -0.0982. The van der Waals surface area contributed by atoms with Crippen LogP contribution in [-0.2, 0) is 5.41 Å². The third-order valence-corrected chi connectivity index (χ3v) is 11.4. The molecule has 0 aliphatic heterocycles. The quantitative estimate of drug-likeness (QED) is 0.122. The van der Waals surface area contributed by atoms with Crippen LogP contribution in [0, 0.1) is 13.8 Å². The monoisotopic (exact) mass is 709 g/mol. The molecule has 0 amide bonds. The van der Waals surface area contributed by atoms with Gasteiger partial charge in [0.15, 0.2) is 5.84 Å². The molecule has 0 unspecified atom stereocenters. The molecule has 0 spiro atoms. The molecule has 1 aliphatic rings. The summed E-state index contributed by atoms with van der Waals surface area (Å²) in [6.45, 7) is 15.7. The van der Waals surface area contributed by atoms with Crippen molar-refractivity contribution in [2.75, 3.05) is 0 Å². The van der Waals surface area contributed by atoms with Crippen LogP contribution in [0.25, 0.3) is 55.4 Å². The Morgan fingerprint density at radius 1 is 0.545 bits per heavy atom. The molecule has 0 saturated heterocycles. The average Bonchev–Trinajstić information content (AvgIpc) is 3.65. The van der Waals surface area contributed by atoms with Crippen molar-refractivity contribution in [3.05, 3.63) is 203 Å². The van der Waals surface area contributed by atoms with Crippen molar-refractivity contribution in [3.8, 4) is 27.9 Å². The maximum absolute atomic E-state index is 5.19. The van der Waals surface area contributed by atoms with Gasteiger partial charge >= 0.3 is 0 Å². The molecule has 0 saturated carbocycles. The fraction of sp³-hybridized carbons (Fsp3) is 0.115. The van der Waals surface area contributed by atoms with E-state index in [1.54, 1.807) is 0 Å². The van der Waals surface area contributed by atoms with Gasteiger partial charge in [-0.1, -0.05) is 148 Å². The Labute approximate surface area is 323 Å². The van der Waals surface area contributed by atoms with Crippen LogP contribution in [0.5, 0.6) is 0 Å². The van der Waals surface area contributed by atoms with E-state index in [-0.39, 0.29) is 5.41 Å². The molecule has 9 rings (SSSR count). The SMILES string of the molecule is C=C(N=C(N=C(C)c1ccccc1)c1ccccc1)c1cccc(C)c1-c1cc(-n2c3ccccc3c3cc4c(cc32)C(C)(C)c2ccccc2-4)ccc1C. The number of fused-ring (bicyclic) bond motifs is 6. The Balaban J connectivity index is 1.21. The molecule has 3 heteroatoms. The van der Waals surface area contributed by atoms with Gasteiger partial charge in [0.25, 0.3) is 0 Å². The van der Waals surface area contributed by atoms with Crippen LogP contribution < -0.4 is 0 Å². The molecule has 0 N–H and O–H groups in total. The van der Waals surface area contributed by atoms with Crippen LogP contribution in [0.2, 0.25) is 0 Å². The number of hydrogen-bond donors (Lipinski definition) is 0. The number of nitrogens with zero attached hydrogens (tertiary/aromatic N) is 3. The second-order valence-electron chi connectivity index (χ2n) is 15.2. The Bertz CT molecular complexity index is 2870. The van der Waals surface area contributed by atoms with E-state index in [4.69, 9.17) is 9.98 Å². The highest BCUT2D eigenvalue weighted by molar-refractivity contribution is 6.13. The smallest absolute Gasteiger partial charge is 0.160 e. The largest absolute Gasteiger partial charge is 0.309 e. The number of aliphatic imine (C=N–C) groups is 2. The Morgan fingerprint density at radius 3 is 2.02 bits per heavy atom. The molecule has 0 atom stereocenters. The van der Waals surface area contributed by atoms with Crippen LogP contribution in [0.1, 0.15) is 59.7 Å². The molecule has 1 aromatic heterocycles. The summed E-state index contributed by atoms with van der Waals surface area (Å²) in [4.78, 5) is 10.3. The second kappa shape index (κ2) is 13.4. The van der Waals surface area contributed by atoms with Crippen molar-refractivity contribution < 1.29 is 0 Å². The first kappa shape index (κ1) is 34.2. The summed E-state index contributed by atoms with van der Waals surface area (Å²) < 4.78 is 2.45. The fourth-order valence-electron chi connectivity index (χ4n) is 8.56. The van der Waals surface area contributed by atoms with Crippen molar-refractivity contribution in [1.82, 2.24) is 4.57 Å². The number of aryl methyl sites for hydroxylation is 2. The average molecular weight is 710 g/mol. The van der Waals surface area contributed by atoms with E-state index in [9.17, 15) is 0 Å². The summed E-state index contributed by atoms with van der Waals surface area (Å²) in [5.74, 6) is 0.632. The van der Waals surface area contributed by atoms with Crippen molar-refractivity contribution in [1.29, 1.82) is 0 Å². The topological polar surface area (TPSA) is 29.6 Å². The Morgan fingerprint density at radius 2 is 1.24 bits per heavy atom. The van der Waals surface area contributed by atoms with Crippen molar-refractivity contribution in [2.45, 2.75) is 40.0 Å². The minimum absolute atomic E-state index is 0.0982. The summed E-state index contributed by atoms with van der Waals surface area (Å²) in [6.07, 6.45) is 0. The highest BCUT2D eigenvalue weighted by Gasteiger charge is 2.36. The number of rotatable bonds is 6. The molecule has 55 heavy (non-hydrogen) atoms. The highest BCUT2D eigenvalue weighted by Crippen LogP contribution is 2.51. The van der Waals surface area contributed by atoms with Gasteiger partial charge in [-0.15, -0.1) is 0 Å². The van der Waals surface area contributed by atoms with Crippen LogP contribution in [-0.4, -0.2) is 16.1 Å². The number of amidine groups is 1. The van der Waals surface area contributed by atoms with E-state index in [2.05, 4.69) is 160 Å². The number of hydrogen-bond acceptors (Lipinski definition) is 1. The summed E-state index contributed by atoms with van der Waals surface area (Å²) in [5.41, 5.74) is 18.1. The van der Waals surface area contributed by atoms with Crippen molar-refractivity contribution >= 4 is 39.1 Å². The van der Waals surface area contributed by atoms with E-state index >= 15 is 0 Å². The molecule has 3 nitrogen and oxygen atoms in total. The Kier molecular flexibility index (Phi) is 8.32. The molecule has 266 valence electrons. The standard InChI is InChI=1S/C52H43N3/c1-33-28-29-39(55-48-27-16-14-24-42(48)45-31-44-41-23-13-15-26-46(41)52(5,6)47(44)32-49(45)55)30-43(33)50-34(2)18-17-25-40(50)36(4)54-51(38-21-11-8-12-22-38)53-35(3)37-19-9-7-10-20-37/h7-32H,4H2,1-3,5-6H3. The molecule has 0 bridgehead atoms. The summed E-state index contributed by atoms with van der Waals surface area (Å²) in [5, 5.41) is 2.52. The lowest BCUT2D eigenvalue weighted by molar-refractivity contribution is 0.661. The zero-order chi connectivity index (χ0) is 37.8. The molecular formula is C52H43N3. The predicted molar refractivity (Wildman–Crippen MR) is 234 cm³/mol.